The molecule has 4 N–H and O–H groups in total. The molecule has 26 heavy (non-hydrogen) atoms. The van der Waals surface area contributed by atoms with Crippen molar-refractivity contribution in [1.29, 1.82) is 0 Å². The molecule has 0 bridgehead atoms. The lowest BCUT2D eigenvalue weighted by molar-refractivity contribution is -0.910. The first kappa shape index (κ1) is 19.9. The number of nitrogens with two attached hydrogens (primary N) is 1. The zero-order chi connectivity index (χ0) is 18.9. The summed E-state index contributed by atoms with van der Waals surface area (Å²) in [6.07, 6.45) is -0.108. The lowest BCUT2D eigenvalue weighted by atomic mass is 10.1. The van der Waals surface area contributed by atoms with Crippen molar-refractivity contribution in [1.82, 2.24) is 0 Å². The smallest absolute Gasteiger partial charge is 0.230 e. The van der Waals surface area contributed by atoms with Crippen LogP contribution in [0.25, 0.3) is 10.8 Å². The number of fused-ring (bicyclic) bond motifs is 1. The normalized spacial score (nSPS) is 12.3. The molecule has 6 heteroatoms. The van der Waals surface area contributed by atoms with Crippen LogP contribution in [0.5, 0.6) is 0 Å². The number of amides is 1. The second-order valence-electron chi connectivity index (χ2n) is 6.47. The van der Waals surface area contributed by atoms with E-state index in [4.69, 9.17) is 0 Å². The van der Waals surface area contributed by atoms with E-state index in [-0.39, 0.29) is 12.3 Å². The number of rotatable bonds is 10. The molecule has 0 fully saturated rings. The van der Waals surface area contributed by atoms with E-state index in [1.54, 1.807) is 5.32 Å². The van der Waals surface area contributed by atoms with Gasteiger partial charge in [-0.2, -0.15) is 0 Å². The Hall–Kier alpha value is -2.44. The van der Waals surface area contributed by atoms with Crippen molar-refractivity contribution in [2.75, 3.05) is 31.5 Å². The van der Waals surface area contributed by atoms with Crippen molar-refractivity contribution in [3.63, 3.8) is 0 Å². The Balaban J connectivity index is 1.90. The average molecular weight is 358 g/mol. The number of anilines is 1. The average Bonchev–Trinajstić information content (AvgIpc) is 2.64. The molecular formula is C20H28N3O3+. The highest BCUT2D eigenvalue weighted by Crippen LogP contribution is 2.18. The highest BCUT2D eigenvalue weighted by atomic mass is 16.4. The first-order valence-corrected chi connectivity index (χ1v) is 9.19. The summed E-state index contributed by atoms with van der Waals surface area (Å²) in [5, 5.41) is 17.9. The minimum absolute atomic E-state index is 0.108. The molecule has 1 amide bonds. The Morgan fingerprint density at radius 3 is 2.46 bits per heavy atom. The molecule has 0 aromatic heterocycles. The van der Waals surface area contributed by atoms with E-state index < -0.39 is 12.0 Å². The highest BCUT2D eigenvalue weighted by molar-refractivity contribution is 5.96. The first-order valence-electron chi connectivity index (χ1n) is 9.19. The summed E-state index contributed by atoms with van der Waals surface area (Å²) in [7, 11) is 0. The molecule has 0 aliphatic heterocycles. The van der Waals surface area contributed by atoms with Crippen LogP contribution in [0.1, 0.15) is 20.3 Å². The van der Waals surface area contributed by atoms with Gasteiger partial charge < -0.3 is 25.4 Å². The summed E-state index contributed by atoms with van der Waals surface area (Å²) >= 11 is 0. The van der Waals surface area contributed by atoms with Gasteiger partial charge in [-0.25, -0.2) is 0 Å². The molecule has 2 aromatic carbocycles. The van der Waals surface area contributed by atoms with Crippen molar-refractivity contribution in [3.05, 3.63) is 42.5 Å². The Morgan fingerprint density at radius 1 is 1.12 bits per heavy atom. The first-order chi connectivity index (χ1) is 12.5. The monoisotopic (exact) mass is 358 g/mol. The second-order valence-corrected chi connectivity index (χ2v) is 6.47. The Bertz CT molecular complexity index is 744. The number of carboxylic acids is 1. The number of likely N-dealkylation sites (N-methyl/N-ethyl adjacent to an activating group) is 1. The summed E-state index contributed by atoms with van der Waals surface area (Å²) in [5.74, 6) is -1.52. The standard InChI is InChI=1S/C20H27N3O3/c1-3-23(4-2)12-11-21-18(20(25)26)14-19(24)22-17-10-9-15-7-5-6-8-16(15)13-17/h5-10,13,18,21H,3-4,11-12,14H2,1-2H3,(H,22,24)(H,25,26)/p+1/t18-/m1/s1. The number of hydrogen-bond donors (Lipinski definition) is 3. The predicted octanol–water partition coefficient (Wildman–Crippen LogP) is -1.22. The molecule has 6 nitrogen and oxygen atoms in total. The quantitative estimate of drug-likeness (QED) is 0.497. The van der Waals surface area contributed by atoms with Gasteiger partial charge in [-0.15, -0.1) is 0 Å². The zero-order valence-corrected chi connectivity index (χ0v) is 15.5. The van der Waals surface area contributed by atoms with E-state index in [1.807, 2.05) is 42.5 Å². The molecule has 0 heterocycles. The van der Waals surface area contributed by atoms with Crippen molar-refractivity contribution in [2.24, 2.45) is 0 Å². The molecule has 0 saturated carbocycles. The van der Waals surface area contributed by atoms with Crippen molar-refractivity contribution in [3.8, 4) is 0 Å². The molecule has 140 valence electrons. The third-order valence-corrected chi connectivity index (χ3v) is 4.69. The fraction of sp³-hybridized carbons (Fsp3) is 0.400. The molecule has 0 radical (unpaired) electrons. The number of aliphatic carboxylic acids is 1. The largest absolute Gasteiger partial charge is 0.544 e. The van der Waals surface area contributed by atoms with Crippen molar-refractivity contribution in [2.45, 2.75) is 26.3 Å². The number of hydrogen-bond acceptors (Lipinski definition) is 3. The van der Waals surface area contributed by atoms with E-state index in [0.29, 0.717) is 12.2 Å². The number of carbonyl (C=O) groups excluding carboxylic acids is 2. The molecule has 0 saturated heterocycles. The number of benzene rings is 2. The lowest BCUT2D eigenvalue weighted by Gasteiger charge is -2.19. The van der Waals surface area contributed by atoms with E-state index in [2.05, 4.69) is 19.2 Å². The number of quaternary nitrogens is 2. The number of nitrogens with one attached hydrogen (secondary N) is 2. The lowest BCUT2D eigenvalue weighted by Crippen LogP contribution is -3.14. The van der Waals surface area contributed by atoms with Gasteiger partial charge in [0.05, 0.1) is 25.5 Å². The Labute approximate surface area is 154 Å². The maximum absolute atomic E-state index is 12.2. The van der Waals surface area contributed by atoms with Crippen LogP contribution >= 0.6 is 0 Å². The van der Waals surface area contributed by atoms with Gasteiger partial charge in [0.25, 0.3) is 0 Å². The van der Waals surface area contributed by atoms with Crippen LogP contribution in [0.4, 0.5) is 5.69 Å². The fourth-order valence-electron chi connectivity index (χ4n) is 3.03. The number of carboxylic acid groups (broad SMARTS) is 1. The summed E-state index contributed by atoms with van der Waals surface area (Å²) in [6, 6.07) is 12.6. The van der Waals surface area contributed by atoms with Gasteiger partial charge in [0.15, 0.2) is 0 Å². The van der Waals surface area contributed by atoms with Crippen LogP contribution in [0.15, 0.2) is 42.5 Å². The third kappa shape index (κ3) is 5.82. The SMILES string of the molecule is CC[NH+](CC)CC[NH2+][C@H](CC(=O)Nc1ccc2ccccc2c1)C(=O)[O-]. The van der Waals surface area contributed by atoms with Crippen LogP contribution < -0.4 is 20.6 Å². The van der Waals surface area contributed by atoms with Crippen LogP contribution in [-0.2, 0) is 9.59 Å². The molecule has 1 atom stereocenters. The maximum Gasteiger partial charge on any atom is 0.230 e. The molecule has 0 aliphatic carbocycles. The third-order valence-electron chi connectivity index (χ3n) is 4.69. The van der Waals surface area contributed by atoms with Gasteiger partial charge >= 0.3 is 0 Å². The molecule has 0 aliphatic rings. The molecule has 0 unspecified atom stereocenters. The molecule has 0 spiro atoms. The second kappa shape index (κ2) is 9.89. The van der Waals surface area contributed by atoms with Gasteiger partial charge in [0.1, 0.15) is 19.1 Å². The van der Waals surface area contributed by atoms with Crippen molar-refractivity contribution < 1.29 is 24.9 Å². The van der Waals surface area contributed by atoms with Gasteiger partial charge in [-0.3, -0.25) is 4.79 Å². The fourth-order valence-corrected chi connectivity index (χ4v) is 3.03. The summed E-state index contributed by atoms with van der Waals surface area (Å²) < 4.78 is 0. The van der Waals surface area contributed by atoms with Gasteiger partial charge in [0.2, 0.25) is 5.91 Å². The van der Waals surface area contributed by atoms with Gasteiger partial charge in [-0.05, 0) is 36.8 Å². The topological polar surface area (TPSA) is 90.3 Å². The Kier molecular flexibility index (Phi) is 7.56. The van der Waals surface area contributed by atoms with Crippen molar-refractivity contribution >= 4 is 28.3 Å². The minimum Gasteiger partial charge on any atom is -0.544 e. The number of carbonyl (C=O) groups is 2. The summed E-state index contributed by atoms with van der Waals surface area (Å²) in [4.78, 5) is 25.0. The minimum atomic E-state index is -1.20. The van der Waals surface area contributed by atoms with E-state index in [9.17, 15) is 14.7 Å². The van der Waals surface area contributed by atoms with Gasteiger partial charge in [-0.1, -0.05) is 30.3 Å². The van der Waals surface area contributed by atoms with Crippen LogP contribution in [0.3, 0.4) is 0 Å². The van der Waals surface area contributed by atoms with Crippen LogP contribution in [-0.4, -0.2) is 44.1 Å². The summed E-state index contributed by atoms with van der Waals surface area (Å²) in [5.41, 5.74) is 0.665. The van der Waals surface area contributed by atoms with Crippen LogP contribution in [0, 0.1) is 0 Å². The zero-order valence-electron chi connectivity index (χ0n) is 15.5. The Morgan fingerprint density at radius 2 is 1.81 bits per heavy atom. The van der Waals surface area contributed by atoms with E-state index >= 15 is 0 Å². The van der Waals surface area contributed by atoms with E-state index in [1.165, 1.54) is 4.90 Å². The molecular weight excluding hydrogens is 330 g/mol. The van der Waals surface area contributed by atoms with Crippen LogP contribution in [0.2, 0.25) is 0 Å². The summed E-state index contributed by atoms with van der Waals surface area (Å²) in [6.45, 7) is 7.73. The molecule has 2 aromatic rings. The van der Waals surface area contributed by atoms with E-state index in [0.717, 1.165) is 30.4 Å². The predicted molar refractivity (Wildman–Crippen MR) is 99.7 cm³/mol. The molecule has 2 rings (SSSR count). The van der Waals surface area contributed by atoms with Gasteiger partial charge in [0, 0.05) is 5.69 Å². The highest BCUT2D eigenvalue weighted by Gasteiger charge is 2.19. The maximum atomic E-state index is 12.2.